The number of hydrogen-bond donors (Lipinski definition) is 4. The first-order valence-corrected chi connectivity index (χ1v) is 12.6. The lowest BCUT2D eigenvalue weighted by molar-refractivity contribution is -0.305. The molecule has 6 atom stereocenters. The monoisotopic (exact) mass is 492 g/mol. The number of esters is 2. The van der Waals surface area contributed by atoms with Gasteiger partial charge in [0.15, 0.2) is 12.4 Å². The van der Waals surface area contributed by atoms with Gasteiger partial charge in [0.05, 0.1) is 13.2 Å². The molecule has 1 heterocycles. The van der Waals surface area contributed by atoms with Gasteiger partial charge in [-0.15, -0.1) is 0 Å². The average molecular weight is 493 g/mol. The molecule has 0 aromatic carbocycles. The van der Waals surface area contributed by atoms with E-state index in [1.165, 1.54) is 32.1 Å². The van der Waals surface area contributed by atoms with E-state index < -0.39 is 55.4 Å². The second kappa shape index (κ2) is 18.0. The van der Waals surface area contributed by atoms with Gasteiger partial charge in [0.25, 0.3) is 0 Å². The number of hydrogen-bond acceptors (Lipinski definition) is 10. The number of rotatable bonds is 18. The van der Waals surface area contributed by atoms with Crippen molar-refractivity contribution in [1.82, 2.24) is 0 Å². The second-order valence-corrected chi connectivity index (χ2v) is 8.76. The molecule has 0 aliphatic carbocycles. The van der Waals surface area contributed by atoms with Crippen LogP contribution in [0.2, 0.25) is 0 Å². The van der Waals surface area contributed by atoms with E-state index in [2.05, 4.69) is 6.92 Å². The SMILES string of the molecule is CCCCCCCCCCCC(=O)OC(COC(=O)CC)COC1OC(CO)C(O)C(O)C1O. The Hall–Kier alpha value is -1.30. The summed E-state index contributed by atoms with van der Waals surface area (Å²) in [5, 5.41) is 39.1. The lowest BCUT2D eigenvalue weighted by Crippen LogP contribution is -2.59. The van der Waals surface area contributed by atoms with E-state index in [9.17, 15) is 30.0 Å². The zero-order valence-corrected chi connectivity index (χ0v) is 20.6. The first-order valence-electron chi connectivity index (χ1n) is 12.6. The maximum absolute atomic E-state index is 12.3. The summed E-state index contributed by atoms with van der Waals surface area (Å²) < 4.78 is 21.2. The lowest BCUT2D eigenvalue weighted by atomic mass is 9.99. The molecule has 0 amide bonds. The Morgan fingerprint density at radius 2 is 1.44 bits per heavy atom. The minimum atomic E-state index is -1.58. The van der Waals surface area contributed by atoms with E-state index in [-0.39, 0.29) is 26.1 Å². The fourth-order valence-corrected chi connectivity index (χ4v) is 3.64. The number of aliphatic hydroxyl groups is 4. The maximum atomic E-state index is 12.3. The predicted molar refractivity (Wildman–Crippen MR) is 123 cm³/mol. The molecule has 0 radical (unpaired) electrons. The summed E-state index contributed by atoms with van der Waals surface area (Å²) in [7, 11) is 0. The fraction of sp³-hybridized carbons (Fsp3) is 0.917. The van der Waals surface area contributed by atoms with Crippen molar-refractivity contribution in [3.8, 4) is 0 Å². The highest BCUT2D eigenvalue weighted by Gasteiger charge is 2.44. The zero-order valence-electron chi connectivity index (χ0n) is 20.6. The van der Waals surface area contributed by atoms with E-state index in [0.717, 1.165) is 19.3 Å². The molecule has 1 rings (SSSR count). The van der Waals surface area contributed by atoms with Crippen LogP contribution in [0.3, 0.4) is 0 Å². The number of aliphatic hydroxyl groups excluding tert-OH is 4. The highest BCUT2D eigenvalue weighted by molar-refractivity contribution is 5.70. The van der Waals surface area contributed by atoms with Gasteiger partial charge in [0.1, 0.15) is 31.0 Å². The third kappa shape index (κ3) is 11.9. The highest BCUT2D eigenvalue weighted by atomic mass is 16.7. The van der Waals surface area contributed by atoms with Crippen molar-refractivity contribution in [3.63, 3.8) is 0 Å². The quantitative estimate of drug-likeness (QED) is 0.164. The van der Waals surface area contributed by atoms with Crippen molar-refractivity contribution in [2.45, 2.75) is 121 Å². The zero-order chi connectivity index (χ0) is 25.3. The summed E-state index contributed by atoms with van der Waals surface area (Å²) in [5.41, 5.74) is 0. The Morgan fingerprint density at radius 1 is 0.824 bits per heavy atom. The number of carbonyl (C=O) groups is 2. The Balaban J connectivity index is 2.44. The lowest BCUT2D eigenvalue weighted by Gasteiger charge is -2.39. The minimum absolute atomic E-state index is 0.159. The van der Waals surface area contributed by atoms with Crippen LogP contribution in [0.5, 0.6) is 0 Å². The summed E-state index contributed by atoms with van der Waals surface area (Å²) >= 11 is 0. The fourth-order valence-electron chi connectivity index (χ4n) is 3.64. The molecule has 6 unspecified atom stereocenters. The minimum Gasteiger partial charge on any atom is -0.462 e. The van der Waals surface area contributed by atoms with E-state index >= 15 is 0 Å². The first kappa shape index (κ1) is 30.7. The average Bonchev–Trinajstić information content (AvgIpc) is 2.83. The molecule has 1 saturated heterocycles. The molecule has 1 fully saturated rings. The maximum Gasteiger partial charge on any atom is 0.306 e. The summed E-state index contributed by atoms with van der Waals surface area (Å²) in [6, 6.07) is 0. The number of ether oxygens (including phenoxy) is 4. The molecule has 4 N–H and O–H groups in total. The summed E-state index contributed by atoms with van der Waals surface area (Å²) in [5.74, 6) is -0.911. The third-order valence-electron chi connectivity index (χ3n) is 5.80. The van der Waals surface area contributed by atoms with E-state index in [0.29, 0.717) is 6.42 Å². The van der Waals surface area contributed by atoms with Gasteiger partial charge >= 0.3 is 11.9 Å². The normalized spacial score (nSPS) is 25.6. The molecule has 0 bridgehead atoms. The van der Waals surface area contributed by atoms with Crippen molar-refractivity contribution >= 4 is 11.9 Å². The van der Waals surface area contributed by atoms with E-state index in [4.69, 9.17) is 18.9 Å². The first-order chi connectivity index (χ1) is 16.3. The van der Waals surface area contributed by atoms with Crippen LogP contribution in [-0.2, 0) is 28.5 Å². The molecule has 0 spiro atoms. The van der Waals surface area contributed by atoms with Crippen molar-refractivity contribution in [3.05, 3.63) is 0 Å². The molecule has 0 aromatic rings. The van der Waals surface area contributed by atoms with Gasteiger partial charge < -0.3 is 39.4 Å². The van der Waals surface area contributed by atoms with Crippen LogP contribution in [0.1, 0.15) is 84.5 Å². The Kier molecular flexibility index (Phi) is 16.3. The van der Waals surface area contributed by atoms with E-state index in [1.807, 2.05) is 0 Å². The number of carbonyl (C=O) groups excluding carboxylic acids is 2. The third-order valence-corrected chi connectivity index (χ3v) is 5.80. The van der Waals surface area contributed by atoms with Crippen molar-refractivity contribution < 1.29 is 49.0 Å². The van der Waals surface area contributed by atoms with Crippen LogP contribution in [0, 0.1) is 0 Å². The van der Waals surface area contributed by atoms with Gasteiger partial charge in [-0.3, -0.25) is 9.59 Å². The van der Waals surface area contributed by atoms with Crippen LogP contribution >= 0.6 is 0 Å². The standard InChI is InChI=1S/C24H44O10/c1-3-5-6-7-8-9-10-11-12-13-20(27)33-17(15-31-19(26)4-2)16-32-24-23(30)22(29)21(28)18(14-25)34-24/h17-18,21-25,28-30H,3-16H2,1-2H3. The van der Waals surface area contributed by atoms with Gasteiger partial charge in [-0.2, -0.15) is 0 Å². The topological polar surface area (TPSA) is 152 Å². The molecule has 0 aromatic heterocycles. The predicted octanol–water partition coefficient (Wildman–Crippen LogP) is 1.59. The Morgan fingerprint density at radius 3 is 2.03 bits per heavy atom. The molecular weight excluding hydrogens is 448 g/mol. The molecule has 200 valence electrons. The summed E-state index contributed by atoms with van der Waals surface area (Å²) in [4.78, 5) is 23.8. The van der Waals surface area contributed by atoms with Crippen molar-refractivity contribution in [2.75, 3.05) is 19.8 Å². The second-order valence-electron chi connectivity index (χ2n) is 8.76. The van der Waals surface area contributed by atoms with Crippen LogP contribution in [0.25, 0.3) is 0 Å². The van der Waals surface area contributed by atoms with Crippen LogP contribution in [-0.4, -0.2) is 89.0 Å². The van der Waals surface area contributed by atoms with Gasteiger partial charge in [-0.1, -0.05) is 65.2 Å². The highest BCUT2D eigenvalue weighted by Crippen LogP contribution is 2.22. The van der Waals surface area contributed by atoms with Crippen molar-refractivity contribution in [1.29, 1.82) is 0 Å². The molecule has 1 aliphatic rings. The van der Waals surface area contributed by atoms with Crippen molar-refractivity contribution in [2.24, 2.45) is 0 Å². The molecule has 10 nitrogen and oxygen atoms in total. The molecule has 10 heteroatoms. The Bertz CT molecular complexity index is 556. The van der Waals surface area contributed by atoms with Gasteiger partial charge in [0.2, 0.25) is 0 Å². The Labute approximate surface area is 202 Å². The van der Waals surface area contributed by atoms with Crippen LogP contribution in [0.4, 0.5) is 0 Å². The molecule has 1 aliphatic heterocycles. The molecule has 34 heavy (non-hydrogen) atoms. The molecular formula is C24H44O10. The number of unbranched alkanes of at least 4 members (excludes halogenated alkanes) is 8. The van der Waals surface area contributed by atoms with Crippen LogP contribution < -0.4 is 0 Å². The molecule has 0 saturated carbocycles. The summed E-state index contributed by atoms with van der Waals surface area (Å²) in [6.45, 7) is 2.74. The van der Waals surface area contributed by atoms with Gasteiger partial charge in [0, 0.05) is 12.8 Å². The van der Waals surface area contributed by atoms with E-state index in [1.54, 1.807) is 6.92 Å². The van der Waals surface area contributed by atoms with Crippen LogP contribution in [0.15, 0.2) is 0 Å². The van der Waals surface area contributed by atoms with Gasteiger partial charge in [-0.05, 0) is 6.42 Å². The largest absolute Gasteiger partial charge is 0.462 e. The van der Waals surface area contributed by atoms with Gasteiger partial charge in [-0.25, -0.2) is 0 Å². The smallest absolute Gasteiger partial charge is 0.306 e. The summed E-state index contributed by atoms with van der Waals surface area (Å²) in [6.07, 6.45) is 2.41.